The average Bonchev–Trinajstić information content (AvgIpc) is 2.74. The minimum absolute atomic E-state index is 0.244. The number of aryl methyl sites for hydroxylation is 1. The smallest absolute Gasteiger partial charge is 0.237 e. The van der Waals surface area contributed by atoms with E-state index in [1.54, 1.807) is 37.5 Å². The Hall–Kier alpha value is -2.33. The molecule has 0 aliphatic rings. The fourth-order valence-electron chi connectivity index (χ4n) is 1.65. The van der Waals surface area contributed by atoms with Crippen LogP contribution in [0.4, 0.5) is 5.69 Å². The standard InChI is InChI=1S/C12H12N4O2S/c1-16-8-12(7-14-16)15-19(17,18)9-11-5-3-2-4-10(11)6-13/h2-5,7-8,15H,9H2,1H3. The van der Waals surface area contributed by atoms with Crippen LogP contribution in [0.25, 0.3) is 0 Å². The Kier molecular flexibility index (Phi) is 3.53. The highest BCUT2D eigenvalue weighted by Crippen LogP contribution is 2.14. The average molecular weight is 276 g/mol. The van der Waals surface area contributed by atoms with E-state index in [4.69, 9.17) is 5.26 Å². The van der Waals surface area contributed by atoms with Crippen molar-refractivity contribution < 1.29 is 8.42 Å². The molecule has 1 aromatic heterocycles. The van der Waals surface area contributed by atoms with Gasteiger partial charge in [-0.2, -0.15) is 10.4 Å². The number of hydrogen-bond acceptors (Lipinski definition) is 4. The van der Waals surface area contributed by atoms with E-state index < -0.39 is 10.0 Å². The number of nitrogens with zero attached hydrogens (tertiary/aromatic N) is 3. The van der Waals surface area contributed by atoms with E-state index in [0.29, 0.717) is 16.8 Å². The van der Waals surface area contributed by atoms with Crippen molar-refractivity contribution in [2.45, 2.75) is 5.75 Å². The molecule has 1 aromatic carbocycles. The van der Waals surface area contributed by atoms with Crippen LogP contribution in [0.5, 0.6) is 0 Å². The number of aromatic nitrogens is 2. The molecule has 2 aromatic rings. The van der Waals surface area contributed by atoms with E-state index in [0.717, 1.165) is 0 Å². The third-order valence-electron chi connectivity index (χ3n) is 2.46. The molecule has 1 N–H and O–H groups in total. The van der Waals surface area contributed by atoms with Crippen LogP contribution < -0.4 is 4.72 Å². The maximum absolute atomic E-state index is 12.0. The third-order valence-corrected chi connectivity index (χ3v) is 3.70. The molecule has 1 heterocycles. The van der Waals surface area contributed by atoms with Crippen molar-refractivity contribution in [3.63, 3.8) is 0 Å². The van der Waals surface area contributed by atoms with Gasteiger partial charge in [-0.1, -0.05) is 18.2 Å². The van der Waals surface area contributed by atoms with Crippen molar-refractivity contribution in [3.05, 3.63) is 47.8 Å². The number of hydrogen-bond donors (Lipinski definition) is 1. The van der Waals surface area contributed by atoms with Crippen molar-refractivity contribution >= 4 is 15.7 Å². The molecule has 0 atom stereocenters. The number of nitriles is 1. The van der Waals surface area contributed by atoms with E-state index in [2.05, 4.69) is 9.82 Å². The van der Waals surface area contributed by atoms with Gasteiger partial charge in [-0.25, -0.2) is 8.42 Å². The lowest BCUT2D eigenvalue weighted by molar-refractivity contribution is 0.600. The number of benzene rings is 1. The summed E-state index contributed by atoms with van der Waals surface area (Å²) < 4.78 is 27.9. The lowest BCUT2D eigenvalue weighted by Gasteiger charge is -2.07. The highest BCUT2D eigenvalue weighted by molar-refractivity contribution is 7.91. The van der Waals surface area contributed by atoms with Gasteiger partial charge in [-0.15, -0.1) is 0 Å². The second-order valence-corrected chi connectivity index (χ2v) is 5.76. The quantitative estimate of drug-likeness (QED) is 0.909. The third kappa shape index (κ3) is 3.33. The first-order valence-corrected chi connectivity index (χ1v) is 7.12. The van der Waals surface area contributed by atoms with E-state index in [1.165, 1.54) is 10.9 Å². The molecule has 0 amide bonds. The molecule has 0 unspecified atom stereocenters. The van der Waals surface area contributed by atoms with Crippen LogP contribution >= 0.6 is 0 Å². The summed E-state index contributed by atoms with van der Waals surface area (Å²) in [6, 6.07) is 8.60. The predicted molar refractivity (Wildman–Crippen MR) is 70.6 cm³/mol. The zero-order valence-electron chi connectivity index (χ0n) is 10.2. The van der Waals surface area contributed by atoms with Gasteiger partial charge in [0, 0.05) is 13.2 Å². The van der Waals surface area contributed by atoms with Crippen molar-refractivity contribution in [1.82, 2.24) is 9.78 Å². The van der Waals surface area contributed by atoms with Gasteiger partial charge >= 0.3 is 0 Å². The second-order valence-electron chi connectivity index (χ2n) is 4.03. The van der Waals surface area contributed by atoms with Gasteiger partial charge in [-0.05, 0) is 11.6 Å². The van der Waals surface area contributed by atoms with Crippen LogP contribution in [0, 0.1) is 11.3 Å². The first-order valence-electron chi connectivity index (χ1n) is 5.47. The Morgan fingerprint density at radius 1 is 1.42 bits per heavy atom. The van der Waals surface area contributed by atoms with Crippen LogP contribution in [0.2, 0.25) is 0 Å². The topological polar surface area (TPSA) is 87.8 Å². The summed E-state index contributed by atoms with van der Waals surface area (Å²) in [6.07, 6.45) is 2.99. The molecule has 0 radical (unpaired) electrons. The van der Waals surface area contributed by atoms with Crippen molar-refractivity contribution in [2.75, 3.05) is 4.72 Å². The molecule has 0 spiro atoms. The van der Waals surface area contributed by atoms with Gasteiger partial charge in [0.05, 0.1) is 29.3 Å². The molecule has 0 bridgehead atoms. The Labute approximate surface area is 111 Å². The fraction of sp³-hybridized carbons (Fsp3) is 0.167. The fourth-order valence-corrected chi connectivity index (χ4v) is 2.85. The number of sulfonamides is 1. The molecular formula is C12H12N4O2S. The van der Waals surface area contributed by atoms with Crippen LogP contribution in [-0.2, 0) is 22.8 Å². The minimum Gasteiger partial charge on any atom is -0.280 e. The van der Waals surface area contributed by atoms with Gasteiger partial charge < -0.3 is 0 Å². The second kappa shape index (κ2) is 5.12. The first kappa shape index (κ1) is 13.1. The van der Waals surface area contributed by atoms with Crippen LogP contribution in [0.1, 0.15) is 11.1 Å². The summed E-state index contributed by atoms with van der Waals surface area (Å²) in [5.74, 6) is -0.244. The summed E-state index contributed by atoms with van der Waals surface area (Å²) >= 11 is 0. The Morgan fingerprint density at radius 3 is 2.79 bits per heavy atom. The Balaban J connectivity index is 2.20. The molecule has 0 saturated carbocycles. The van der Waals surface area contributed by atoms with Gasteiger partial charge in [0.25, 0.3) is 0 Å². The molecular weight excluding hydrogens is 264 g/mol. The Bertz CT molecular complexity index is 728. The van der Waals surface area contributed by atoms with Crippen LogP contribution in [-0.4, -0.2) is 18.2 Å². The maximum Gasteiger partial charge on any atom is 0.237 e. The highest BCUT2D eigenvalue weighted by Gasteiger charge is 2.14. The zero-order valence-corrected chi connectivity index (χ0v) is 11.1. The number of rotatable bonds is 4. The molecule has 7 heteroatoms. The SMILES string of the molecule is Cn1cc(NS(=O)(=O)Cc2ccccc2C#N)cn1. The van der Waals surface area contributed by atoms with Gasteiger partial charge in [0.1, 0.15) is 0 Å². The van der Waals surface area contributed by atoms with E-state index in [-0.39, 0.29) is 5.75 Å². The van der Waals surface area contributed by atoms with E-state index in [1.807, 2.05) is 6.07 Å². The van der Waals surface area contributed by atoms with Crippen molar-refractivity contribution in [1.29, 1.82) is 5.26 Å². The van der Waals surface area contributed by atoms with Gasteiger partial charge in [0.2, 0.25) is 10.0 Å². The molecule has 0 fully saturated rings. The lowest BCUT2D eigenvalue weighted by atomic mass is 10.1. The molecule has 19 heavy (non-hydrogen) atoms. The molecule has 0 aliphatic heterocycles. The molecule has 98 valence electrons. The van der Waals surface area contributed by atoms with Crippen molar-refractivity contribution in [2.24, 2.45) is 7.05 Å². The molecule has 2 rings (SSSR count). The maximum atomic E-state index is 12.0. The van der Waals surface area contributed by atoms with E-state index >= 15 is 0 Å². The molecule has 0 saturated heterocycles. The minimum atomic E-state index is -3.56. The van der Waals surface area contributed by atoms with E-state index in [9.17, 15) is 8.42 Å². The summed E-state index contributed by atoms with van der Waals surface area (Å²) in [5.41, 5.74) is 1.23. The summed E-state index contributed by atoms with van der Waals surface area (Å²) in [7, 11) is -1.86. The summed E-state index contributed by atoms with van der Waals surface area (Å²) in [6.45, 7) is 0. The highest BCUT2D eigenvalue weighted by atomic mass is 32.2. The number of nitrogens with one attached hydrogen (secondary N) is 1. The predicted octanol–water partition coefficient (Wildman–Crippen LogP) is 1.23. The lowest BCUT2D eigenvalue weighted by Crippen LogP contribution is -2.15. The Morgan fingerprint density at radius 2 is 2.16 bits per heavy atom. The normalized spacial score (nSPS) is 10.9. The summed E-state index contributed by atoms with van der Waals surface area (Å²) in [5, 5.41) is 12.8. The largest absolute Gasteiger partial charge is 0.280 e. The van der Waals surface area contributed by atoms with Gasteiger partial charge in [-0.3, -0.25) is 9.40 Å². The van der Waals surface area contributed by atoms with Crippen LogP contribution in [0.3, 0.4) is 0 Å². The van der Waals surface area contributed by atoms with Crippen molar-refractivity contribution in [3.8, 4) is 6.07 Å². The molecule has 0 aliphatic carbocycles. The molecule has 6 nitrogen and oxygen atoms in total. The van der Waals surface area contributed by atoms with Gasteiger partial charge in [0.15, 0.2) is 0 Å². The monoisotopic (exact) mass is 276 g/mol. The summed E-state index contributed by atoms with van der Waals surface area (Å²) in [4.78, 5) is 0. The first-order chi connectivity index (χ1) is 9.00. The zero-order chi connectivity index (χ0) is 13.9. The number of anilines is 1. The van der Waals surface area contributed by atoms with Crippen LogP contribution in [0.15, 0.2) is 36.7 Å².